The van der Waals surface area contributed by atoms with Crippen molar-refractivity contribution in [2.24, 2.45) is 0 Å². The number of ether oxygens (including phenoxy) is 1. The Morgan fingerprint density at radius 3 is 2.72 bits per heavy atom. The maximum atomic E-state index is 10.7. The lowest BCUT2D eigenvalue weighted by Crippen LogP contribution is -1.94. The van der Waals surface area contributed by atoms with Gasteiger partial charge in [-0.2, -0.15) is 0 Å². The molecule has 0 fully saturated rings. The number of aromatic carboxylic acids is 1. The number of carboxylic acid groups (broad SMARTS) is 1. The zero-order valence-corrected chi connectivity index (χ0v) is 11.3. The van der Waals surface area contributed by atoms with Crippen LogP contribution in [0.15, 0.2) is 27.2 Å². The van der Waals surface area contributed by atoms with E-state index < -0.39 is 5.97 Å². The van der Waals surface area contributed by atoms with Crippen LogP contribution < -0.4 is 4.74 Å². The van der Waals surface area contributed by atoms with Crippen LogP contribution in [0, 0.1) is 6.92 Å². The molecule has 5 nitrogen and oxygen atoms in total. The SMILES string of the molecule is COc1cc(-c2cc(C(=O)O)no2)c(Br)cc1C. The standard InChI is InChI=1S/C12H10BrNO4/c1-6-3-8(13)7(4-10(6)17-2)11-5-9(12(15)16)14-18-11/h3-5H,1-2H3,(H,15,16). The summed E-state index contributed by atoms with van der Waals surface area (Å²) in [6, 6.07) is 5.01. The lowest BCUT2D eigenvalue weighted by molar-refractivity contribution is 0.0686. The van der Waals surface area contributed by atoms with Crippen molar-refractivity contribution in [3.63, 3.8) is 0 Å². The normalized spacial score (nSPS) is 10.4. The van der Waals surface area contributed by atoms with Crippen molar-refractivity contribution >= 4 is 21.9 Å². The highest BCUT2D eigenvalue weighted by Crippen LogP contribution is 2.34. The van der Waals surface area contributed by atoms with Gasteiger partial charge in [-0.25, -0.2) is 4.79 Å². The molecule has 0 saturated heterocycles. The van der Waals surface area contributed by atoms with Crippen molar-refractivity contribution in [1.29, 1.82) is 0 Å². The van der Waals surface area contributed by atoms with Gasteiger partial charge in [0.25, 0.3) is 0 Å². The third kappa shape index (κ3) is 2.24. The number of carbonyl (C=O) groups is 1. The van der Waals surface area contributed by atoms with E-state index in [1.165, 1.54) is 6.07 Å². The Balaban J connectivity index is 2.52. The third-order valence-electron chi connectivity index (χ3n) is 2.48. The van der Waals surface area contributed by atoms with Gasteiger partial charge >= 0.3 is 5.97 Å². The molecule has 0 amide bonds. The lowest BCUT2D eigenvalue weighted by atomic mass is 10.1. The molecule has 0 radical (unpaired) electrons. The van der Waals surface area contributed by atoms with E-state index in [4.69, 9.17) is 14.4 Å². The molecule has 6 heteroatoms. The summed E-state index contributed by atoms with van der Waals surface area (Å²) in [6.07, 6.45) is 0. The number of hydrogen-bond donors (Lipinski definition) is 1. The first kappa shape index (κ1) is 12.6. The van der Waals surface area contributed by atoms with Crippen LogP contribution in [0.3, 0.4) is 0 Å². The van der Waals surface area contributed by atoms with E-state index >= 15 is 0 Å². The monoisotopic (exact) mass is 311 g/mol. The first-order valence-corrected chi connectivity index (χ1v) is 5.86. The van der Waals surface area contributed by atoms with Gasteiger partial charge in [0.2, 0.25) is 0 Å². The molecule has 0 bridgehead atoms. The summed E-state index contributed by atoms with van der Waals surface area (Å²) >= 11 is 3.40. The minimum Gasteiger partial charge on any atom is -0.496 e. The van der Waals surface area contributed by atoms with E-state index in [1.54, 1.807) is 13.2 Å². The van der Waals surface area contributed by atoms with Gasteiger partial charge < -0.3 is 14.4 Å². The first-order valence-electron chi connectivity index (χ1n) is 5.07. The van der Waals surface area contributed by atoms with Crippen LogP contribution in [0.5, 0.6) is 5.75 Å². The molecule has 2 aromatic rings. The molecular weight excluding hydrogens is 302 g/mol. The van der Waals surface area contributed by atoms with Crippen molar-refractivity contribution in [2.75, 3.05) is 7.11 Å². The fourth-order valence-electron chi connectivity index (χ4n) is 1.56. The van der Waals surface area contributed by atoms with Gasteiger partial charge in [0.05, 0.1) is 7.11 Å². The molecule has 2 rings (SSSR count). The smallest absolute Gasteiger partial charge is 0.358 e. The van der Waals surface area contributed by atoms with Crippen LogP contribution in [0.1, 0.15) is 16.1 Å². The molecule has 0 aliphatic carbocycles. The maximum absolute atomic E-state index is 10.7. The van der Waals surface area contributed by atoms with Gasteiger partial charge in [-0.15, -0.1) is 0 Å². The van der Waals surface area contributed by atoms with Crippen molar-refractivity contribution in [2.45, 2.75) is 6.92 Å². The summed E-state index contributed by atoms with van der Waals surface area (Å²) in [5.74, 6) is -0.0563. The Kier molecular flexibility index (Phi) is 3.38. The molecule has 0 aliphatic heterocycles. The average Bonchev–Trinajstić information content (AvgIpc) is 2.78. The maximum Gasteiger partial charge on any atom is 0.358 e. The number of nitrogens with zero attached hydrogens (tertiary/aromatic N) is 1. The molecule has 0 unspecified atom stereocenters. The average molecular weight is 312 g/mol. The van der Waals surface area contributed by atoms with Crippen molar-refractivity contribution in [3.05, 3.63) is 33.9 Å². The van der Waals surface area contributed by atoms with Crippen LogP contribution in [0.4, 0.5) is 0 Å². The number of benzene rings is 1. The fourth-order valence-corrected chi connectivity index (χ4v) is 2.22. The van der Waals surface area contributed by atoms with E-state index in [0.29, 0.717) is 17.1 Å². The number of carboxylic acids is 1. The summed E-state index contributed by atoms with van der Waals surface area (Å²) < 4.78 is 11.0. The highest BCUT2D eigenvalue weighted by Gasteiger charge is 2.16. The predicted octanol–water partition coefficient (Wildman–Crippen LogP) is 3.12. The molecule has 0 aliphatic rings. The highest BCUT2D eigenvalue weighted by molar-refractivity contribution is 9.10. The molecule has 0 spiro atoms. The topological polar surface area (TPSA) is 72.6 Å². The molecule has 94 valence electrons. The minimum absolute atomic E-state index is 0.128. The fraction of sp³-hybridized carbons (Fsp3) is 0.167. The Morgan fingerprint density at radius 1 is 1.44 bits per heavy atom. The second-order valence-electron chi connectivity index (χ2n) is 3.68. The van der Waals surface area contributed by atoms with Gasteiger partial charge in [0.15, 0.2) is 11.5 Å². The zero-order valence-electron chi connectivity index (χ0n) is 9.73. The quantitative estimate of drug-likeness (QED) is 0.942. The molecule has 1 aromatic heterocycles. The van der Waals surface area contributed by atoms with Crippen LogP contribution in [0.25, 0.3) is 11.3 Å². The second kappa shape index (κ2) is 4.81. The molecule has 0 saturated carbocycles. The molecule has 1 heterocycles. The Hall–Kier alpha value is -1.82. The summed E-state index contributed by atoms with van der Waals surface area (Å²) in [4.78, 5) is 10.7. The summed E-state index contributed by atoms with van der Waals surface area (Å²) in [5.41, 5.74) is 1.53. The van der Waals surface area contributed by atoms with Crippen LogP contribution in [-0.2, 0) is 0 Å². The highest BCUT2D eigenvalue weighted by atomic mass is 79.9. The number of halogens is 1. The van der Waals surface area contributed by atoms with Crippen molar-refractivity contribution in [1.82, 2.24) is 5.16 Å². The Labute approximate surface area is 111 Å². The van der Waals surface area contributed by atoms with Crippen LogP contribution in [-0.4, -0.2) is 23.3 Å². The molecule has 18 heavy (non-hydrogen) atoms. The molecule has 0 atom stereocenters. The molecule has 1 aromatic carbocycles. The van der Waals surface area contributed by atoms with E-state index in [-0.39, 0.29) is 5.69 Å². The van der Waals surface area contributed by atoms with Crippen LogP contribution in [0.2, 0.25) is 0 Å². The van der Waals surface area contributed by atoms with Gasteiger partial charge in [-0.1, -0.05) is 21.1 Å². The van der Waals surface area contributed by atoms with E-state index in [2.05, 4.69) is 21.1 Å². The van der Waals surface area contributed by atoms with Crippen LogP contribution >= 0.6 is 15.9 Å². The lowest BCUT2D eigenvalue weighted by Gasteiger charge is -2.07. The molecule has 1 N–H and O–H groups in total. The zero-order chi connectivity index (χ0) is 13.3. The van der Waals surface area contributed by atoms with E-state index in [0.717, 1.165) is 10.0 Å². The third-order valence-corrected chi connectivity index (χ3v) is 3.14. The Morgan fingerprint density at radius 2 is 2.17 bits per heavy atom. The number of hydrogen-bond acceptors (Lipinski definition) is 4. The van der Waals surface area contributed by atoms with Gasteiger partial charge in [0, 0.05) is 16.1 Å². The largest absolute Gasteiger partial charge is 0.496 e. The molecular formula is C12H10BrNO4. The predicted molar refractivity (Wildman–Crippen MR) is 67.9 cm³/mol. The second-order valence-corrected chi connectivity index (χ2v) is 4.54. The number of aryl methyl sites for hydroxylation is 1. The summed E-state index contributed by atoms with van der Waals surface area (Å²) in [6.45, 7) is 1.91. The van der Waals surface area contributed by atoms with E-state index in [1.807, 2.05) is 13.0 Å². The first-order chi connectivity index (χ1) is 8.52. The Bertz CT molecular complexity index is 606. The van der Waals surface area contributed by atoms with Crippen molar-refractivity contribution in [3.8, 4) is 17.1 Å². The van der Waals surface area contributed by atoms with E-state index in [9.17, 15) is 4.79 Å². The van der Waals surface area contributed by atoms with Crippen molar-refractivity contribution < 1.29 is 19.2 Å². The van der Waals surface area contributed by atoms with Gasteiger partial charge in [-0.05, 0) is 24.6 Å². The number of rotatable bonds is 3. The van der Waals surface area contributed by atoms with Gasteiger partial charge in [0.1, 0.15) is 5.75 Å². The minimum atomic E-state index is -1.12. The number of aromatic nitrogens is 1. The summed E-state index contributed by atoms with van der Waals surface area (Å²) in [7, 11) is 1.57. The summed E-state index contributed by atoms with van der Waals surface area (Å²) in [5, 5.41) is 12.3. The number of methoxy groups -OCH3 is 1. The van der Waals surface area contributed by atoms with Gasteiger partial charge in [-0.3, -0.25) is 0 Å².